The molecule has 0 nitrogen and oxygen atoms in total. The first-order valence-electron chi connectivity index (χ1n) is 12.0. The second-order valence-electron chi connectivity index (χ2n) is 11.1. The molecule has 32 heavy (non-hydrogen) atoms. The van der Waals surface area contributed by atoms with E-state index in [-0.39, 0.29) is 0 Å². The lowest BCUT2D eigenvalue weighted by atomic mass is 9.96. The van der Waals surface area contributed by atoms with Gasteiger partial charge < -0.3 is 0 Å². The van der Waals surface area contributed by atoms with E-state index in [1.165, 1.54) is 21.5 Å². The lowest BCUT2D eigenvalue weighted by molar-refractivity contribution is 0.838. The fourth-order valence-electron chi connectivity index (χ4n) is 5.14. The molecule has 0 aliphatic rings. The highest BCUT2D eigenvalue weighted by Crippen LogP contribution is 2.41. The van der Waals surface area contributed by atoms with Crippen LogP contribution < -0.4 is 0 Å². The Morgan fingerprint density at radius 3 is 1.81 bits per heavy atom. The lowest BCUT2D eigenvalue weighted by Crippen LogP contribution is -2.43. The predicted octanol–water partition coefficient (Wildman–Crippen LogP) is 8.79. The minimum Gasteiger partial charge on any atom is -0.127 e. The van der Waals surface area contributed by atoms with E-state index in [4.69, 9.17) is 0 Å². The van der Waals surface area contributed by atoms with Crippen LogP contribution in [0.1, 0.15) is 52.7 Å². The smallest absolute Gasteiger partial charge is 0.127 e. The van der Waals surface area contributed by atoms with Crippen LogP contribution >= 0.6 is 0 Å². The van der Waals surface area contributed by atoms with Crippen LogP contribution in [-0.4, -0.2) is 16.1 Å². The van der Waals surface area contributed by atoms with Crippen LogP contribution in [0.5, 0.6) is 0 Å². The molecule has 0 aromatic heterocycles. The Labute approximate surface area is 197 Å². The van der Waals surface area contributed by atoms with Gasteiger partial charge in [0.1, 0.15) is 16.1 Å². The molecule has 166 valence electrons. The number of rotatable bonds is 3. The third kappa shape index (κ3) is 4.88. The Morgan fingerprint density at radius 2 is 1.22 bits per heavy atom. The normalized spacial score (nSPS) is 12.2. The molecule has 0 aliphatic heterocycles. The Balaban J connectivity index is 2.26. The highest BCUT2D eigenvalue weighted by molar-refractivity contribution is 6.90. The zero-order chi connectivity index (χ0) is 23.7. The van der Waals surface area contributed by atoms with Crippen molar-refractivity contribution in [1.29, 1.82) is 0 Å². The van der Waals surface area contributed by atoms with Gasteiger partial charge in [-0.05, 0) is 56.4 Å². The van der Waals surface area contributed by atoms with E-state index >= 15 is 0 Å². The minimum atomic E-state index is -1.76. The summed E-state index contributed by atoms with van der Waals surface area (Å²) in [4.78, 5) is 0. The summed E-state index contributed by atoms with van der Waals surface area (Å²) in [5.41, 5.74) is 11.7. The van der Waals surface area contributed by atoms with Crippen molar-refractivity contribution in [2.75, 3.05) is 0 Å². The first kappa shape index (κ1) is 24.4. The summed E-state index contributed by atoms with van der Waals surface area (Å²) in [7, 11) is -3.25. The number of hydrogen-bond acceptors (Lipinski definition) is 0. The standard InChI is InChI=1S/C30H38Si2/c1-22(2)32(23(3)4,24(5)6)19-16-25-14-15-27-21-26-12-10-11-13-28(26)29(30(27)20-25)17-18-31(7,8)9/h10-15,20-24H,1-9H3. The molecule has 2 heteroatoms. The molecule has 0 bridgehead atoms. The highest BCUT2D eigenvalue weighted by atomic mass is 28.3. The maximum Gasteiger partial charge on any atom is 0.146 e. The molecule has 0 radical (unpaired) electrons. The Hall–Kier alpha value is -2.27. The molecule has 3 rings (SSSR count). The van der Waals surface area contributed by atoms with Crippen LogP contribution in [0, 0.1) is 22.9 Å². The first-order chi connectivity index (χ1) is 15.0. The topological polar surface area (TPSA) is 0 Å². The Kier molecular flexibility index (Phi) is 7.09. The summed E-state index contributed by atoms with van der Waals surface area (Å²) >= 11 is 0. The predicted molar refractivity (Wildman–Crippen MR) is 150 cm³/mol. The van der Waals surface area contributed by atoms with E-state index in [0.717, 1.165) is 11.1 Å². The maximum atomic E-state index is 3.89. The molecule has 0 fully saturated rings. The van der Waals surface area contributed by atoms with Gasteiger partial charge in [-0.2, -0.15) is 0 Å². The van der Waals surface area contributed by atoms with Crippen LogP contribution in [-0.2, 0) is 0 Å². The van der Waals surface area contributed by atoms with E-state index < -0.39 is 16.1 Å². The fraction of sp³-hybridized carbons (Fsp3) is 0.400. The van der Waals surface area contributed by atoms with Crippen molar-refractivity contribution < 1.29 is 0 Å². The molecule has 3 aromatic carbocycles. The molecule has 0 saturated heterocycles. The van der Waals surface area contributed by atoms with E-state index in [1.807, 2.05) is 0 Å². The van der Waals surface area contributed by atoms with Gasteiger partial charge in [0.05, 0.1) is 0 Å². The third-order valence-electron chi connectivity index (χ3n) is 6.72. The Bertz CT molecular complexity index is 1230. The van der Waals surface area contributed by atoms with Crippen molar-refractivity contribution in [3.05, 3.63) is 59.7 Å². The molecule has 3 aromatic rings. The summed E-state index contributed by atoms with van der Waals surface area (Å²) in [5, 5.41) is 4.97. The molecular weight excluding hydrogens is 417 g/mol. The average molecular weight is 455 g/mol. The van der Waals surface area contributed by atoms with Crippen molar-refractivity contribution in [3.8, 4) is 22.9 Å². The van der Waals surface area contributed by atoms with E-state index in [1.54, 1.807) is 0 Å². The zero-order valence-corrected chi connectivity index (χ0v) is 23.4. The van der Waals surface area contributed by atoms with Crippen molar-refractivity contribution in [1.82, 2.24) is 0 Å². The summed E-state index contributed by atoms with van der Waals surface area (Å²) in [6, 6.07) is 17.6. The van der Waals surface area contributed by atoms with Crippen molar-refractivity contribution >= 4 is 37.7 Å². The van der Waals surface area contributed by atoms with Gasteiger partial charge in [0, 0.05) is 11.1 Å². The molecule has 0 heterocycles. The van der Waals surface area contributed by atoms with Crippen molar-refractivity contribution in [2.24, 2.45) is 0 Å². The Morgan fingerprint density at radius 1 is 0.625 bits per heavy atom. The summed E-state index contributed by atoms with van der Waals surface area (Å²) < 4.78 is 0. The van der Waals surface area contributed by atoms with E-state index in [0.29, 0.717) is 16.6 Å². The monoisotopic (exact) mass is 454 g/mol. The third-order valence-corrected chi connectivity index (χ3v) is 13.9. The largest absolute Gasteiger partial charge is 0.146 e. The minimum absolute atomic E-state index is 0.637. The lowest BCUT2D eigenvalue weighted by Gasteiger charge is -2.38. The quantitative estimate of drug-likeness (QED) is 0.211. The van der Waals surface area contributed by atoms with E-state index in [2.05, 4.69) is 133 Å². The van der Waals surface area contributed by atoms with Gasteiger partial charge in [0.2, 0.25) is 0 Å². The zero-order valence-electron chi connectivity index (χ0n) is 21.4. The molecule has 0 atom stereocenters. The summed E-state index contributed by atoms with van der Waals surface area (Å²) in [6.07, 6.45) is 0. The van der Waals surface area contributed by atoms with E-state index in [9.17, 15) is 0 Å². The molecule has 0 spiro atoms. The fourth-order valence-corrected chi connectivity index (χ4v) is 10.9. The van der Waals surface area contributed by atoms with Gasteiger partial charge in [0.25, 0.3) is 0 Å². The van der Waals surface area contributed by atoms with Gasteiger partial charge in [-0.3, -0.25) is 0 Å². The second kappa shape index (κ2) is 9.31. The van der Waals surface area contributed by atoms with Crippen LogP contribution in [0.4, 0.5) is 0 Å². The van der Waals surface area contributed by atoms with Crippen LogP contribution in [0.15, 0.2) is 48.5 Å². The van der Waals surface area contributed by atoms with Gasteiger partial charge in [-0.15, -0.1) is 11.1 Å². The molecule has 0 N–H and O–H groups in total. The van der Waals surface area contributed by atoms with Gasteiger partial charge in [-0.1, -0.05) is 103 Å². The average Bonchev–Trinajstić information content (AvgIpc) is 2.70. The van der Waals surface area contributed by atoms with Gasteiger partial charge in [-0.25, -0.2) is 0 Å². The van der Waals surface area contributed by atoms with Gasteiger partial charge in [0.15, 0.2) is 0 Å². The SMILES string of the molecule is CC(C)[Si](C#Cc1ccc2cc3ccccc3c(C#C[Si](C)(C)C)c2c1)(C(C)C)C(C)C. The molecule has 0 aliphatic carbocycles. The van der Waals surface area contributed by atoms with Crippen LogP contribution in [0.3, 0.4) is 0 Å². The number of hydrogen-bond donors (Lipinski definition) is 0. The maximum absolute atomic E-state index is 3.89. The number of benzene rings is 3. The summed E-state index contributed by atoms with van der Waals surface area (Å²) in [6.45, 7) is 21.1. The first-order valence-corrected chi connectivity index (χ1v) is 17.7. The van der Waals surface area contributed by atoms with Crippen LogP contribution in [0.25, 0.3) is 21.5 Å². The van der Waals surface area contributed by atoms with Crippen molar-refractivity contribution in [2.45, 2.75) is 77.8 Å². The van der Waals surface area contributed by atoms with Crippen molar-refractivity contribution in [3.63, 3.8) is 0 Å². The molecule has 0 amide bonds. The molecule has 0 saturated carbocycles. The molecular formula is C30H38Si2. The summed E-state index contributed by atoms with van der Waals surface area (Å²) in [5.74, 6) is 7.24. The molecule has 0 unspecified atom stereocenters. The van der Waals surface area contributed by atoms with Gasteiger partial charge >= 0.3 is 0 Å². The van der Waals surface area contributed by atoms with Crippen LogP contribution in [0.2, 0.25) is 36.3 Å². The number of fused-ring (bicyclic) bond motifs is 2. The second-order valence-corrected chi connectivity index (χ2v) is 21.4. The highest BCUT2D eigenvalue weighted by Gasteiger charge is 2.41.